The molecule has 18 heavy (non-hydrogen) atoms. The van der Waals surface area contributed by atoms with Crippen LogP contribution in [0.2, 0.25) is 0 Å². The summed E-state index contributed by atoms with van der Waals surface area (Å²) in [4.78, 5) is 3.85. The highest BCUT2D eigenvalue weighted by Crippen LogP contribution is 2.15. The Kier molecular flexibility index (Phi) is 6.83. The van der Waals surface area contributed by atoms with Crippen LogP contribution in [0.25, 0.3) is 0 Å². The van der Waals surface area contributed by atoms with E-state index in [1.165, 1.54) is 12.3 Å². The van der Waals surface area contributed by atoms with Gasteiger partial charge in [0.1, 0.15) is 5.82 Å². The number of hydrogen-bond donors (Lipinski definition) is 2. The highest BCUT2D eigenvalue weighted by molar-refractivity contribution is 5.14. The van der Waals surface area contributed by atoms with Crippen LogP contribution in [-0.4, -0.2) is 23.2 Å². The lowest BCUT2D eigenvalue weighted by atomic mass is 9.99. The second-order valence-corrected chi connectivity index (χ2v) is 4.73. The second-order valence-electron chi connectivity index (χ2n) is 4.73. The molecule has 1 aromatic rings. The fourth-order valence-corrected chi connectivity index (χ4v) is 2.07. The minimum atomic E-state index is -0.304. The first-order valence-corrected chi connectivity index (χ1v) is 6.62. The fraction of sp³-hybridized carbons (Fsp3) is 0.643. The molecule has 1 aromatic heterocycles. The Morgan fingerprint density at radius 2 is 2.17 bits per heavy atom. The molecule has 0 saturated carbocycles. The van der Waals surface area contributed by atoms with Crippen LogP contribution in [-0.2, 0) is 0 Å². The van der Waals surface area contributed by atoms with Gasteiger partial charge in [0, 0.05) is 18.8 Å². The molecule has 0 aliphatic carbocycles. The highest BCUT2D eigenvalue weighted by atomic mass is 19.1. The SMILES string of the molecule is CCCC(CCO)CNC(C)c1cncc(F)c1. The predicted molar refractivity (Wildman–Crippen MR) is 70.7 cm³/mol. The Labute approximate surface area is 108 Å². The van der Waals surface area contributed by atoms with Gasteiger partial charge in [-0.15, -0.1) is 0 Å². The van der Waals surface area contributed by atoms with Crippen LogP contribution in [0.5, 0.6) is 0 Å². The van der Waals surface area contributed by atoms with Crippen LogP contribution in [0.15, 0.2) is 18.5 Å². The molecule has 0 aromatic carbocycles. The van der Waals surface area contributed by atoms with E-state index in [9.17, 15) is 4.39 Å². The fourth-order valence-electron chi connectivity index (χ4n) is 2.07. The summed E-state index contributed by atoms with van der Waals surface area (Å²) in [5.74, 6) is 0.172. The predicted octanol–water partition coefficient (Wildman–Crippen LogP) is 2.67. The largest absolute Gasteiger partial charge is 0.396 e. The lowest BCUT2D eigenvalue weighted by Crippen LogP contribution is -2.26. The van der Waals surface area contributed by atoms with Crippen LogP contribution >= 0.6 is 0 Å². The Morgan fingerprint density at radius 3 is 2.78 bits per heavy atom. The van der Waals surface area contributed by atoms with Crippen molar-refractivity contribution in [1.82, 2.24) is 10.3 Å². The quantitative estimate of drug-likeness (QED) is 0.749. The average molecular weight is 254 g/mol. The lowest BCUT2D eigenvalue weighted by molar-refractivity contribution is 0.245. The van der Waals surface area contributed by atoms with Gasteiger partial charge in [-0.25, -0.2) is 4.39 Å². The smallest absolute Gasteiger partial charge is 0.141 e. The molecule has 1 heterocycles. The van der Waals surface area contributed by atoms with Gasteiger partial charge in [0.15, 0.2) is 0 Å². The third-order valence-corrected chi connectivity index (χ3v) is 3.17. The summed E-state index contributed by atoms with van der Waals surface area (Å²) < 4.78 is 13.0. The van der Waals surface area contributed by atoms with Crippen LogP contribution in [0.4, 0.5) is 4.39 Å². The van der Waals surface area contributed by atoms with Crippen molar-refractivity contribution in [2.24, 2.45) is 5.92 Å². The van der Waals surface area contributed by atoms with Crippen LogP contribution in [0, 0.1) is 11.7 Å². The molecule has 0 bridgehead atoms. The third-order valence-electron chi connectivity index (χ3n) is 3.17. The summed E-state index contributed by atoms with van der Waals surface area (Å²) in [5, 5.41) is 12.4. The molecular formula is C14H23FN2O. The monoisotopic (exact) mass is 254 g/mol. The van der Waals surface area contributed by atoms with Crippen LogP contribution in [0.1, 0.15) is 44.7 Å². The van der Waals surface area contributed by atoms with Crippen molar-refractivity contribution in [3.8, 4) is 0 Å². The van der Waals surface area contributed by atoms with Crippen molar-refractivity contribution < 1.29 is 9.50 Å². The maximum atomic E-state index is 13.0. The van der Waals surface area contributed by atoms with Crippen molar-refractivity contribution in [2.45, 2.75) is 39.2 Å². The summed E-state index contributed by atoms with van der Waals surface area (Å²) in [7, 11) is 0. The molecule has 0 aliphatic rings. The van der Waals surface area contributed by atoms with E-state index < -0.39 is 0 Å². The van der Waals surface area contributed by atoms with E-state index in [-0.39, 0.29) is 18.5 Å². The second kappa shape index (κ2) is 8.16. The van der Waals surface area contributed by atoms with Gasteiger partial charge in [0.05, 0.1) is 6.20 Å². The minimum Gasteiger partial charge on any atom is -0.396 e. The summed E-state index contributed by atoms with van der Waals surface area (Å²) in [6.07, 6.45) is 5.92. The molecule has 0 amide bonds. The van der Waals surface area contributed by atoms with E-state index in [0.29, 0.717) is 5.92 Å². The molecular weight excluding hydrogens is 231 g/mol. The first-order valence-electron chi connectivity index (χ1n) is 6.62. The van der Waals surface area contributed by atoms with E-state index in [0.717, 1.165) is 31.4 Å². The zero-order valence-corrected chi connectivity index (χ0v) is 11.2. The highest BCUT2D eigenvalue weighted by Gasteiger charge is 2.11. The summed E-state index contributed by atoms with van der Waals surface area (Å²) in [5.41, 5.74) is 0.856. The number of rotatable bonds is 8. The van der Waals surface area contributed by atoms with E-state index in [1.54, 1.807) is 6.20 Å². The van der Waals surface area contributed by atoms with Gasteiger partial charge in [0.25, 0.3) is 0 Å². The van der Waals surface area contributed by atoms with Gasteiger partial charge in [-0.05, 0) is 43.9 Å². The zero-order chi connectivity index (χ0) is 13.4. The molecule has 0 saturated heterocycles. The molecule has 0 aliphatic heterocycles. The molecule has 1 rings (SSSR count). The topological polar surface area (TPSA) is 45.1 Å². The maximum Gasteiger partial charge on any atom is 0.141 e. The van der Waals surface area contributed by atoms with E-state index in [1.807, 2.05) is 6.92 Å². The van der Waals surface area contributed by atoms with E-state index in [2.05, 4.69) is 17.2 Å². The number of hydrogen-bond acceptors (Lipinski definition) is 3. The number of nitrogens with one attached hydrogen (secondary N) is 1. The van der Waals surface area contributed by atoms with Gasteiger partial charge in [-0.1, -0.05) is 13.3 Å². The summed E-state index contributed by atoms with van der Waals surface area (Å²) in [6.45, 7) is 5.21. The number of halogens is 1. The number of nitrogens with zero attached hydrogens (tertiary/aromatic N) is 1. The zero-order valence-electron chi connectivity index (χ0n) is 11.2. The standard InChI is InChI=1S/C14H23FN2O/c1-3-4-12(5-6-18)8-17-11(2)13-7-14(15)10-16-9-13/h7,9-12,17-18H,3-6,8H2,1-2H3. The first kappa shape index (κ1) is 15.1. The number of pyridine rings is 1. The Hall–Kier alpha value is -1.00. The third kappa shape index (κ3) is 5.10. The van der Waals surface area contributed by atoms with E-state index in [4.69, 9.17) is 5.11 Å². The van der Waals surface area contributed by atoms with Gasteiger partial charge in [0.2, 0.25) is 0 Å². The minimum absolute atomic E-state index is 0.0752. The molecule has 2 atom stereocenters. The van der Waals surface area contributed by atoms with Gasteiger partial charge in [-0.2, -0.15) is 0 Å². The molecule has 102 valence electrons. The summed E-state index contributed by atoms with van der Waals surface area (Å²) >= 11 is 0. The van der Waals surface area contributed by atoms with Crippen molar-refractivity contribution in [3.05, 3.63) is 29.8 Å². The molecule has 4 heteroatoms. The van der Waals surface area contributed by atoms with Crippen molar-refractivity contribution in [3.63, 3.8) is 0 Å². The number of aliphatic hydroxyl groups is 1. The molecule has 2 unspecified atom stereocenters. The lowest BCUT2D eigenvalue weighted by Gasteiger charge is -2.20. The van der Waals surface area contributed by atoms with Crippen LogP contribution < -0.4 is 5.32 Å². The molecule has 2 N–H and O–H groups in total. The molecule has 3 nitrogen and oxygen atoms in total. The number of aliphatic hydroxyl groups excluding tert-OH is 1. The van der Waals surface area contributed by atoms with Crippen molar-refractivity contribution >= 4 is 0 Å². The van der Waals surface area contributed by atoms with Gasteiger partial charge in [-0.3, -0.25) is 4.98 Å². The Morgan fingerprint density at radius 1 is 1.39 bits per heavy atom. The Balaban J connectivity index is 2.46. The van der Waals surface area contributed by atoms with Crippen LogP contribution in [0.3, 0.4) is 0 Å². The van der Waals surface area contributed by atoms with Crippen molar-refractivity contribution in [2.75, 3.05) is 13.2 Å². The maximum absolute atomic E-state index is 13.0. The summed E-state index contributed by atoms with van der Waals surface area (Å²) in [6, 6.07) is 1.58. The molecule has 0 spiro atoms. The normalized spacial score (nSPS) is 14.4. The van der Waals surface area contributed by atoms with Gasteiger partial charge < -0.3 is 10.4 Å². The first-order chi connectivity index (χ1) is 8.67. The average Bonchev–Trinajstić information content (AvgIpc) is 2.36. The Bertz CT molecular complexity index is 340. The molecule has 0 radical (unpaired) electrons. The van der Waals surface area contributed by atoms with Crippen molar-refractivity contribution in [1.29, 1.82) is 0 Å². The van der Waals surface area contributed by atoms with Gasteiger partial charge >= 0.3 is 0 Å². The van der Waals surface area contributed by atoms with E-state index >= 15 is 0 Å². The number of aromatic nitrogens is 1. The molecule has 0 fully saturated rings.